The molecule has 3 nitrogen and oxygen atoms in total. The number of alkyl halides is 2. The fourth-order valence-corrected chi connectivity index (χ4v) is 1.31. The smallest absolute Gasteiger partial charge is 0.310 e. The molecule has 1 heterocycles. The standard InChI is InChI=1S/C9H7ClF3NO2/c1-16-7(15)3-5-4(8(11)12)2-6(10)14-9(5)13/h2,8H,3H2,1H3. The third-order valence-corrected chi connectivity index (χ3v) is 2.05. The first-order chi connectivity index (χ1) is 7.45. The van der Waals surface area contributed by atoms with Crippen molar-refractivity contribution in [3.8, 4) is 0 Å². The van der Waals surface area contributed by atoms with E-state index < -0.39 is 35.9 Å². The van der Waals surface area contributed by atoms with Gasteiger partial charge in [-0.25, -0.2) is 13.8 Å². The highest BCUT2D eigenvalue weighted by atomic mass is 35.5. The SMILES string of the molecule is COC(=O)Cc1c(C(F)F)cc(Cl)nc1F. The van der Waals surface area contributed by atoms with E-state index in [0.29, 0.717) is 0 Å². The summed E-state index contributed by atoms with van der Waals surface area (Å²) in [5.74, 6) is -2.02. The van der Waals surface area contributed by atoms with Crippen LogP contribution in [0.4, 0.5) is 13.2 Å². The molecule has 1 aromatic heterocycles. The third-order valence-electron chi connectivity index (χ3n) is 1.86. The number of esters is 1. The Bertz CT molecular complexity index is 412. The van der Waals surface area contributed by atoms with Gasteiger partial charge in [0.15, 0.2) is 0 Å². The number of aromatic nitrogens is 1. The summed E-state index contributed by atoms with van der Waals surface area (Å²) in [7, 11) is 1.08. The van der Waals surface area contributed by atoms with E-state index in [1.54, 1.807) is 0 Å². The Balaban J connectivity index is 3.19. The molecular weight excluding hydrogens is 247 g/mol. The molecule has 1 aromatic rings. The minimum absolute atomic E-state index is 0.388. The Morgan fingerprint density at radius 3 is 2.75 bits per heavy atom. The van der Waals surface area contributed by atoms with Crippen molar-refractivity contribution in [2.24, 2.45) is 0 Å². The number of carbonyl (C=O) groups is 1. The van der Waals surface area contributed by atoms with Gasteiger partial charge in [0.1, 0.15) is 5.15 Å². The van der Waals surface area contributed by atoms with Crippen LogP contribution in [0.15, 0.2) is 6.07 Å². The molecule has 0 aliphatic heterocycles. The summed E-state index contributed by atoms with van der Waals surface area (Å²) in [6.45, 7) is 0. The fourth-order valence-electron chi connectivity index (χ4n) is 1.11. The highest BCUT2D eigenvalue weighted by molar-refractivity contribution is 6.29. The Hall–Kier alpha value is -1.30. The largest absolute Gasteiger partial charge is 0.469 e. The average molecular weight is 254 g/mol. The Kier molecular flexibility index (Phi) is 4.12. The Morgan fingerprint density at radius 2 is 2.25 bits per heavy atom. The number of methoxy groups -OCH3 is 1. The van der Waals surface area contributed by atoms with Crippen molar-refractivity contribution in [2.45, 2.75) is 12.8 Å². The quantitative estimate of drug-likeness (QED) is 0.614. The number of hydrogen-bond acceptors (Lipinski definition) is 3. The third kappa shape index (κ3) is 2.85. The van der Waals surface area contributed by atoms with Gasteiger partial charge in [-0.15, -0.1) is 0 Å². The maximum absolute atomic E-state index is 13.2. The summed E-state index contributed by atoms with van der Waals surface area (Å²) in [4.78, 5) is 14.1. The van der Waals surface area contributed by atoms with Gasteiger partial charge in [-0.3, -0.25) is 4.79 Å². The van der Waals surface area contributed by atoms with Crippen LogP contribution in [-0.4, -0.2) is 18.1 Å². The molecule has 0 atom stereocenters. The molecule has 0 aliphatic carbocycles. The number of halogens is 4. The predicted molar refractivity (Wildman–Crippen MR) is 49.9 cm³/mol. The van der Waals surface area contributed by atoms with Gasteiger partial charge >= 0.3 is 5.97 Å². The lowest BCUT2D eigenvalue weighted by Gasteiger charge is -2.08. The summed E-state index contributed by atoms with van der Waals surface area (Å²) in [5.41, 5.74) is -1.14. The zero-order valence-corrected chi connectivity index (χ0v) is 8.89. The van der Waals surface area contributed by atoms with E-state index in [-0.39, 0.29) is 5.15 Å². The molecule has 0 radical (unpaired) electrons. The molecule has 0 aromatic carbocycles. The minimum Gasteiger partial charge on any atom is -0.469 e. The molecule has 88 valence electrons. The molecule has 0 spiro atoms. The van der Waals surface area contributed by atoms with Crippen LogP contribution < -0.4 is 0 Å². The monoisotopic (exact) mass is 253 g/mol. The minimum atomic E-state index is -2.94. The van der Waals surface area contributed by atoms with Gasteiger partial charge in [-0.2, -0.15) is 4.39 Å². The van der Waals surface area contributed by atoms with Gasteiger partial charge in [-0.05, 0) is 6.07 Å². The van der Waals surface area contributed by atoms with Gasteiger partial charge in [0, 0.05) is 11.1 Å². The van der Waals surface area contributed by atoms with E-state index in [2.05, 4.69) is 9.72 Å². The number of pyridine rings is 1. The van der Waals surface area contributed by atoms with Crippen LogP contribution in [-0.2, 0) is 16.0 Å². The first-order valence-electron chi connectivity index (χ1n) is 4.15. The molecule has 0 unspecified atom stereocenters. The van der Waals surface area contributed by atoms with Crippen LogP contribution in [0.25, 0.3) is 0 Å². The zero-order chi connectivity index (χ0) is 12.3. The first-order valence-corrected chi connectivity index (χ1v) is 4.53. The molecule has 16 heavy (non-hydrogen) atoms. The van der Waals surface area contributed by atoms with Crippen molar-refractivity contribution in [1.82, 2.24) is 4.98 Å². The van der Waals surface area contributed by atoms with Crippen molar-refractivity contribution in [2.75, 3.05) is 7.11 Å². The second kappa shape index (κ2) is 5.16. The summed E-state index contributed by atoms with van der Waals surface area (Å²) >= 11 is 5.34. The highest BCUT2D eigenvalue weighted by Gasteiger charge is 2.21. The molecule has 0 N–H and O–H groups in total. The number of nitrogens with zero attached hydrogens (tertiary/aromatic N) is 1. The normalized spacial score (nSPS) is 10.6. The van der Waals surface area contributed by atoms with Gasteiger partial charge < -0.3 is 4.74 Å². The number of rotatable bonds is 3. The fraction of sp³-hybridized carbons (Fsp3) is 0.333. The van der Waals surface area contributed by atoms with E-state index in [0.717, 1.165) is 13.2 Å². The van der Waals surface area contributed by atoms with Crippen molar-refractivity contribution in [3.05, 3.63) is 28.3 Å². The lowest BCUT2D eigenvalue weighted by Crippen LogP contribution is -2.10. The highest BCUT2D eigenvalue weighted by Crippen LogP contribution is 2.27. The maximum Gasteiger partial charge on any atom is 0.310 e. The van der Waals surface area contributed by atoms with Crippen molar-refractivity contribution < 1.29 is 22.7 Å². The van der Waals surface area contributed by atoms with Gasteiger partial charge in [-0.1, -0.05) is 11.6 Å². The summed E-state index contributed by atoms with van der Waals surface area (Å²) in [5, 5.41) is -0.388. The first kappa shape index (κ1) is 12.8. The van der Waals surface area contributed by atoms with E-state index >= 15 is 0 Å². The van der Waals surface area contributed by atoms with Gasteiger partial charge in [0.2, 0.25) is 5.95 Å². The molecule has 0 saturated heterocycles. The molecule has 1 rings (SSSR count). The number of ether oxygens (including phenoxy) is 1. The number of carbonyl (C=O) groups excluding carboxylic acids is 1. The van der Waals surface area contributed by atoms with E-state index in [1.807, 2.05) is 0 Å². The lowest BCUT2D eigenvalue weighted by molar-refractivity contribution is -0.139. The van der Waals surface area contributed by atoms with E-state index in [9.17, 15) is 18.0 Å². The van der Waals surface area contributed by atoms with Crippen LogP contribution in [0, 0.1) is 5.95 Å². The van der Waals surface area contributed by atoms with Crippen LogP contribution in [0.2, 0.25) is 5.15 Å². The van der Waals surface area contributed by atoms with Crippen LogP contribution >= 0.6 is 11.6 Å². The van der Waals surface area contributed by atoms with Gasteiger partial charge in [0.25, 0.3) is 6.43 Å². The second-order valence-corrected chi connectivity index (χ2v) is 3.24. The zero-order valence-electron chi connectivity index (χ0n) is 8.14. The molecule has 0 bridgehead atoms. The molecule has 0 amide bonds. The molecule has 0 saturated carbocycles. The second-order valence-electron chi connectivity index (χ2n) is 2.86. The van der Waals surface area contributed by atoms with Gasteiger partial charge in [0.05, 0.1) is 13.5 Å². The van der Waals surface area contributed by atoms with E-state index in [1.165, 1.54) is 0 Å². The number of hydrogen-bond donors (Lipinski definition) is 0. The van der Waals surface area contributed by atoms with Crippen LogP contribution in [0.1, 0.15) is 17.6 Å². The van der Waals surface area contributed by atoms with Crippen molar-refractivity contribution in [1.29, 1.82) is 0 Å². The molecule has 0 fully saturated rings. The Labute approximate surface area is 94.2 Å². The lowest BCUT2D eigenvalue weighted by atomic mass is 10.1. The maximum atomic E-state index is 13.2. The van der Waals surface area contributed by atoms with Crippen LogP contribution in [0.5, 0.6) is 0 Å². The molecular formula is C9H7ClF3NO2. The summed E-state index contributed by atoms with van der Waals surface area (Å²) < 4.78 is 42.6. The average Bonchev–Trinajstić information content (AvgIpc) is 2.20. The van der Waals surface area contributed by atoms with Crippen LogP contribution in [0.3, 0.4) is 0 Å². The predicted octanol–water partition coefficient (Wildman–Crippen LogP) is 2.53. The van der Waals surface area contributed by atoms with Crippen molar-refractivity contribution in [3.63, 3.8) is 0 Å². The molecule has 0 aliphatic rings. The van der Waals surface area contributed by atoms with Crippen molar-refractivity contribution >= 4 is 17.6 Å². The summed E-state index contributed by atoms with van der Waals surface area (Å²) in [6.07, 6.45) is -3.54. The van der Waals surface area contributed by atoms with E-state index in [4.69, 9.17) is 11.6 Å². The summed E-state index contributed by atoms with van der Waals surface area (Å²) in [6, 6.07) is 0.827. The molecule has 7 heteroatoms. The topological polar surface area (TPSA) is 39.2 Å². The Morgan fingerprint density at radius 1 is 1.62 bits per heavy atom.